The Morgan fingerprint density at radius 1 is 1.36 bits per heavy atom. The third kappa shape index (κ3) is 2.80. The third-order valence-corrected chi connectivity index (χ3v) is 2.58. The van der Waals surface area contributed by atoms with Gasteiger partial charge >= 0.3 is 0 Å². The van der Waals surface area contributed by atoms with Crippen LogP contribution in [0.5, 0.6) is 0 Å². The lowest BCUT2D eigenvalue weighted by Crippen LogP contribution is -2.37. The number of hydrogen-bond acceptors (Lipinski definition) is 2. The molecule has 0 aromatic rings. The summed E-state index contributed by atoms with van der Waals surface area (Å²) in [6.45, 7) is 6.13. The van der Waals surface area contributed by atoms with Crippen molar-refractivity contribution in [2.45, 2.75) is 32.2 Å². The molecule has 1 aliphatic heterocycles. The van der Waals surface area contributed by atoms with Crippen molar-refractivity contribution >= 4 is 0 Å². The van der Waals surface area contributed by atoms with Crippen LogP contribution in [-0.2, 0) is 0 Å². The zero-order chi connectivity index (χ0) is 8.10. The molecule has 1 fully saturated rings. The van der Waals surface area contributed by atoms with Gasteiger partial charge in [0.25, 0.3) is 0 Å². The molecule has 0 unspecified atom stereocenters. The van der Waals surface area contributed by atoms with Crippen LogP contribution in [0.25, 0.3) is 0 Å². The molecule has 1 atom stereocenters. The summed E-state index contributed by atoms with van der Waals surface area (Å²) in [7, 11) is 2.06. The Kier molecular flexibility index (Phi) is 3.87. The summed E-state index contributed by atoms with van der Waals surface area (Å²) in [5, 5.41) is 3.34. The van der Waals surface area contributed by atoms with Gasteiger partial charge in [-0.05, 0) is 39.4 Å². The maximum atomic E-state index is 3.34. The quantitative estimate of drug-likeness (QED) is 0.655. The highest BCUT2D eigenvalue weighted by Crippen LogP contribution is 2.08. The first-order valence-electron chi connectivity index (χ1n) is 4.76. The first-order valence-corrected chi connectivity index (χ1v) is 4.76. The zero-order valence-corrected chi connectivity index (χ0v) is 7.77. The molecular weight excluding hydrogens is 136 g/mol. The Morgan fingerprint density at radius 2 is 2.00 bits per heavy atom. The Balaban J connectivity index is 2.16. The minimum atomic E-state index is 0.702. The van der Waals surface area contributed by atoms with Gasteiger partial charge in [0.1, 0.15) is 0 Å². The summed E-state index contributed by atoms with van der Waals surface area (Å²) >= 11 is 0. The van der Waals surface area contributed by atoms with Crippen LogP contribution < -0.4 is 5.32 Å². The van der Waals surface area contributed by atoms with Gasteiger partial charge in [0.15, 0.2) is 0 Å². The van der Waals surface area contributed by atoms with Crippen molar-refractivity contribution in [2.75, 3.05) is 26.7 Å². The van der Waals surface area contributed by atoms with Gasteiger partial charge in [-0.25, -0.2) is 0 Å². The van der Waals surface area contributed by atoms with Crippen molar-refractivity contribution in [1.29, 1.82) is 0 Å². The Morgan fingerprint density at radius 3 is 2.45 bits per heavy atom. The van der Waals surface area contributed by atoms with E-state index < -0.39 is 0 Å². The van der Waals surface area contributed by atoms with Crippen LogP contribution in [0.2, 0.25) is 0 Å². The first-order chi connectivity index (χ1) is 5.36. The van der Waals surface area contributed by atoms with Crippen molar-refractivity contribution in [3.05, 3.63) is 0 Å². The zero-order valence-electron chi connectivity index (χ0n) is 7.77. The molecule has 0 aliphatic carbocycles. The number of rotatable bonds is 4. The fourth-order valence-corrected chi connectivity index (χ4v) is 1.70. The topological polar surface area (TPSA) is 15.3 Å². The number of hydrogen-bond donors (Lipinski definition) is 1. The monoisotopic (exact) mass is 156 g/mol. The molecule has 66 valence electrons. The van der Waals surface area contributed by atoms with Gasteiger partial charge in [0.2, 0.25) is 0 Å². The first kappa shape index (κ1) is 9.01. The lowest BCUT2D eigenvalue weighted by atomic mass is 10.2. The van der Waals surface area contributed by atoms with Crippen molar-refractivity contribution < 1.29 is 0 Å². The van der Waals surface area contributed by atoms with Crippen LogP contribution in [0.4, 0.5) is 0 Å². The summed E-state index contributed by atoms with van der Waals surface area (Å²) in [4.78, 5) is 2.56. The lowest BCUT2D eigenvalue weighted by Gasteiger charge is -2.21. The van der Waals surface area contributed by atoms with Crippen LogP contribution >= 0.6 is 0 Å². The maximum Gasteiger partial charge on any atom is 0.0189 e. The molecular formula is C9H20N2. The molecule has 0 aromatic carbocycles. The predicted molar refractivity (Wildman–Crippen MR) is 48.8 cm³/mol. The number of nitrogens with one attached hydrogen (secondary N) is 1. The van der Waals surface area contributed by atoms with Gasteiger partial charge in [-0.2, -0.15) is 0 Å². The lowest BCUT2D eigenvalue weighted by molar-refractivity contribution is 0.293. The molecule has 2 nitrogen and oxygen atoms in total. The van der Waals surface area contributed by atoms with Crippen LogP contribution in [-0.4, -0.2) is 37.6 Å². The minimum absolute atomic E-state index is 0.702. The van der Waals surface area contributed by atoms with Crippen LogP contribution in [0, 0.1) is 0 Å². The van der Waals surface area contributed by atoms with Gasteiger partial charge in [0.05, 0.1) is 0 Å². The van der Waals surface area contributed by atoms with E-state index in [1.807, 2.05) is 0 Å². The normalized spacial score (nSPS) is 22.4. The Hall–Kier alpha value is -0.0800. The Bertz CT molecular complexity index is 93.7. The number of nitrogens with zero attached hydrogens (tertiary/aromatic N) is 1. The van der Waals surface area contributed by atoms with Crippen molar-refractivity contribution in [3.63, 3.8) is 0 Å². The highest BCUT2D eigenvalue weighted by atomic mass is 15.2. The van der Waals surface area contributed by atoms with Crippen molar-refractivity contribution in [1.82, 2.24) is 10.2 Å². The SMILES string of the molecule is CC[C@@H](CN1CCCC1)NC. The average Bonchev–Trinajstić information content (AvgIpc) is 2.52. The van der Waals surface area contributed by atoms with Crippen molar-refractivity contribution in [2.24, 2.45) is 0 Å². The molecule has 1 saturated heterocycles. The molecule has 1 aliphatic rings. The summed E-state index contributed by atoms with van der Waals surface area (Å²) in [5.74, 6) is 0. The standard InChI is InChI=1S/C9H20N2/c1-3-9(10-2)8-11-6-4-5-7-11/h9-10H,3-8H2,1-2H3/t9-/m0/s1. The molecule has 0 bridgehead atoms. The van der Waals surface area contributed by atoms with Crippen LogP contribution in [0.3, 0.4) is 0 Å². The van der Waals surface area contributed by atoms with E-state index in [2.05, 4.69) is 24.2 Å². The average molecular weight is 156 g/mol. The summed E-state index contributed by atoms with van der Waals surface area (Å²) in [5.41, 5.74) is 0. The highest BCUT2D eigenvalue weighted by molar-refractivity contribution is 4.72. The molecule has 0 radical (unpaired) electrons. The molecule has 11 heavy (non-hydrogen) atoms. The number of likely N-dealkylation sites (tertiary alicyclic amines) is 1. The molecule has 0 spiro atoms. The Labute approximate surface area is 70.0 Å². The van der Waals surface area contributed by atoms with Crippen LogP contribution in [0.1, 0.15) is 26.2 Å². The molecule has 1 rings (SSSR count). The second kappa shape index (κ2) is 4.73. The van der Waals surface area contributed by atoms with E-state index in [4.69, 9.17) is 0 Å². The smallest absolute Gasteiger partial charge is 0.0189 e. The largest absolute Gasteiger partial charge is 0.316 e. The van der Waals surface area contributed by atoms with Crippen molar-refractivity contribution in [3.8, 4) is 0 Å². The van der Waals surface area contributed by atoms with E-state index in [1.165, 1.54) is 38.9 Å². The second-order valence-electron chi connectivity index (χ2n) is 3.40. The highest BCUT2D eigenvalue weighted by Gasteiger charge is 2.14. The summed E-state index contributed by atoms with van der Waals surface area (Å²) < 4.78 is 0. The van der Waals surface area contributed by atoms with Gasteiger partial charge in [-0.3, -0.25) is 0 Å². The molecule has 0 saturated carbocycles. The minimum Gasteiger partial charge on any atom is -0.316 e. The fourth-order valence-electron chi connectivity index (χ4n) is 1.70. The van der Waals surface area contributed by atoms with E-state index >= 15 is 0 Å². The molecule has 2 heteroatoms. The van der Waals surface area contributed by atoms with Gasteiger partial charge in [-0.15, -0.1) is 0 Å². The van der Waals surface area contributed by atoms with E-state index in [1.54, 1.807) is 0 Å². The molecule has 0 amide bonds. The number of likely N-dealkylation sites (N-methyl/N-ethyl adjacent to an activating group) is 1. The van der Waals surface area contributed by atoms with Crippen LogP contribution in [0.15, 0.2) is 0 Å². The molecule has 1 N–H and O–H groups in total. The third-order valence-electron chi connectivity index (χ3n) is 2.58. The molecule has 1 heterocycles. The summed E-state index contributed by atoms with van der Waals surface area (Å²) in [6.07, 6.45) is 4.05. The summed E-state index contributed by atoms with van der Waals surface area (Å²) in [6, 6.07) is 0.702. The van der Waals surface area contributed by atoms with Gasteiger partial charge in [-0.1, -0.05) is 6.92 Å². The maximum absolute atomic E-state index is 3.34. The van der Waals surface area contributed by atoms with Gasteiger partial charge in [0, 0.05) is 12.6 Å². The predicted octanol–water partition coefficient (Wildman–Crippen LogP) is 1.08. The fraction of sp³-hybridized carbons (Fsp3) is 1.00. The van der Waals surface area contributed by atoms with Gasteiger partial charge < -0.3 is 10.2 Å². The van der Waals surface area contributed by atoms with E-state index in [0.29, 0.717) is 6.04 Å². The van der Waals surface area contributed by atoms with E-state index in [-0.39, 0.29) is 0 Å². The van der Waals surface area contributed by atoms with E-state index in [0.717, 1.165) is 0 Å². The second-order valence-corrected chi connectivity index (χ2v) is 3.40. The van der Waals surface area contributed by atoms with E-state index in [9.17, 15) is 0 Å². The molecule has 0 aromatic heterocycles.